The molecule has 1 N–H and O–H groups in total. The fourth-order valence-electron chi connectivity index (χ4n) is 3.31. The number of halogens is 1. The number of carbonyl (C=O) groups is 1. The highest BCUT2D eigenvalue weighted by Crippen LogP contribution is 2.22. The average Bonchev–Trinajstić information content (AvgIpc) is 3.13. The number of esters is 1. The Bertz CT molecular complexity index is 1000. The molecule has 0 radical (unpaired) electrons. The standard InChI is InChI=1S/C26H32FNO4/c1-26(2,3)32-25(29)12-14-30-15-13-28-18-20-4-8-21-17-23(31-24(21)16-20)11-7-19-5-9-22(27)10-6-19/h4-6,8-10,16-17,28H,7,11-15,18H2,1-3H3. The van der Waals surface area contributed by atoms with E-state index in [2.05, 4.69) is 23.5 Å². The highest BCUT2D eigenvalue weighted by Gasteiger charge is 2.15. The molecule has 1 heterocycles. The largest absolute Gasteiger partial charge is 0.461 e. The minimum absolute atomic E-state index is 0.217. The van der Waals surface area contributed by atoms with Crippen LogP contribution in [0.5, 0.6) is 0 Å². The highest BCUT2D eigenvalue weighted by atomic mass is 19.1. The number of fused-ring (bicyclic) bond motifs is 1. The first-order valence-electron chi connectivity index (χ1n) is 11.0. The third-order valence-corrected chi connectivity index (χ3v) is 4.83. The maximum atomic E-state index is 13.0. The van der Waals surface area contributed by atoms with Crippen molar-refractivity contribution >= 4 is 16.9 Å². The summed E-state index contributed by atoms with van der Waals surface area (Å²) in [6, 6.07) is 14.8. The van der Waals surface area contributed by atoms with Crippen LogP contribution in [0.3, 0.4) is 0 Å². The zero-order valence-corrected chi connectivity index (χ0v) is 19.1. The van der Waals surface area contributed by atoms with Gasteiger partial charge in [-0.2, -0.15) is 0 Å². The minimum Gasteiger partial charge on any atom is -0.461 e. The van der Waals surface area contributed by atoms with E-state index in [0.29, 0.717) is 26.3 Å². The number of aryl methyl sites for hydroxylation is 2. The number of ether oxygens (including phenoxy) is 2. The van der Waals surface area contributed by atoms with Crippen molar-refractivity contribution in [3.8, 4) is 0 Å². The molecule has 0 bridgehead atoms. The van der Waals surface area contributed by atoms with Gasteiger partial charge in [-0.3, -0.25) is 4.79 Å². The molecule has 32 heavy (non-hydrogen) atoms. The number of nitrogens with one attached hydrogen (secondary N) is 1. The van der Waals surface area contributed by atoms with Crippen molar-refractivity contribution in [2.75, 3.05) is 19.8 Å². The maximum absolute atomic E-state index is 13.0. The van der Waals surface area contributed by atoms with Gasteiger partial charge >= 0.3 is 5.97 Å². The first-order valence-corrected chi connectivity index (χ1v) is 11.0. The summed E-state index contributed by atoms with van der Waals surface area (Å²) in [5, 5.41) is 4.41. The van der Waals surface area contributed by atoms with Gasteiger partial charge in [0.2, 0.25) is 0 Å². The lowest BCUT2D eigenvalue weighted by molar-refractivity contribution is -0.156. The molecular weight excluding hydrogens is 409 g/mol. The number of rotatable bonds is 11. The fourth-order valence-corrected chi connectivity index (χ4v) is 3.31. The van der Waals surface area contributed by atoms with Crippen molar-refractivity contribution < 1.29 is 23.1 Å². The Morgan fingerprint density at radius 1 is 1.00 bits per heavy atom. The molecular formula is C26H32FNO4. The molecule has 0 aliphatic carbocycles. The van der Waals surface area contributed by atoms with Crippen LogP contribution in [-0.4, -0.2) is 31.3 Å². The van der Waals surface area contributed by atoms with E-state index in [4.69, 9.17) is 13.9 Å². The normalized spacial score (nSPS) is 11.8. The predicted molar refractivity (Wildman–Crippen MR) is 123 cm³/mol. The van der Waals surface area contributed by atoms with Gasteiger partial charge in [0.05, 0.1) is 19.6 Å². The molecule has 1 aromatic heterocycles. The lowest BCUT2D eigenvalue weighted by atomic mass is 10.1. The predicted octanol–water partition coefficient (Wildman–Crippen LogP) is 5.20. The SMILES string of the molecule is CC(C)(C)OC(=O)CCOCCNCc1ccc2cc(CCc3ccc(F)cc3)oc2c1. The van der Waals surface area contributed by atoms with E-state index in [1.807, 2.05) is 39.0 Å². The first-order chi connectivity index (χ1) is 15.3. The third-order valence-electron chi connectivity index (χ3n) is 4.83. The summed E-state index contributed by atoms with van der Waals surface area (Å²) in [6.45, 7) is 7.83. The topological polar surface area (TPSA) is 60.7 Å². The molecule has 0 amide bonds. The van der Waals surface area contributed by atoms with Gasteiger partial charge in [-0.05, 0) is 62.6 Å². The number of carbonyl (C=O) groups excluding carboxylic acids is 1. The van der Waals surface area contributed by atoms with Crippen LogP contribution in [0.25, 0.3) is 11.0 Å². The minimum atomic E-state index is -0.461. The van der Waals surface area contributed by atoms with Crippen LogP contribution in [0.1, 0.15) is 44.1 Å². The van der Waals surface area contributed by atoms with Gasteiger partial charge < -0.3 is 19.2 Å². The number of hydrogen-bond acceptors (Lipinski definition) is 5. The molecule has 0 saturated carbocycles. The van der Waals surface area contributed by atoms with E-state index in [-0.39, 0.29) is 18.2 Å². The summed E-state index contributed by atoms with van der Waals surface area (Å²) in [6.07, 6.45) is 1.84. The van der Waals surface area contributed by atoms with E-state index in [0.717, 1.165) is 40.7 Å². The quantitative estimate of drug-likeness (QED) is 0.328. The summed E-state index contributed by atoms with van der Waals surface area (Å²) in [5.74, 6) is 0.466. The maximum Gasteiger partial charge on any atom is 0.308 e. The van der Waals surface area contributed by atoms with Crippen molar-refractivity contribution in [2.24, 2.45) is 0 Å². The van der Waals surface area contributed by atoms with Crippen LogP contribution in [0.15, 0.2) is 52.9 Å². The molecule has 0 spiro atoms. The molecule has 5 nitrogen and oxygen atoms in total. The van der Waals surface area contributed by atoms with Gasteiger partial charge in [-0.1, -0.05) is 24.3 Å². The van der Waals surface area contributed by atoms with Crippen LogP contribution in [-0.2, 0) is 33.7 Å². The van der Waals surface area contributed by atoms with E-state index < -0.39 is 5.60 Å². The summed E-state index contributed by atoms with van der Waals surface area (Å²) >= 11 is 0. The van der Waals surface area contributed by atoms with Crippen LogP contribution < -0.4 is 5.32 Å². The van der Waals surface area contributed by atoms with Gasteiger partial charge in [0.1, 0.15) is 22.8 Å². The number of hydrogen-bond donors (Lipinski definition) is 1. The van der Waals surface area contributed by atoms with E-state index in [1.54, 1.807) is 0 Å². The van der Waals surface area contributed by atoms with Gasteiger partial charge in [-0.15, -0.1) is 0 Å². The molecule has 2 aromatic carbocycles. The summed E-state index contributed by atoms with van der Waals surface area (Å²) in [7, 11) is 0. The Labute approximate surface area is 188 Å². The number of furan rings is 1. The smallest absolute Gasteiger partial charge is 0.308 e. The Balaban J connectivity index is 1.36. The second kappa shape index (κ2) is 11.2. The molecule has 172 valence electrons. The molecule has 0 fully saturated rings. The lowest BCUT2D eigenvalue weighted by Gasteiger charge is -2.19. The Morgan fingerprint density at radius 3 is 2.50 bits per heavy atom. The molecule has 3 aromatic rings. The van der Waals surface area contributed by atoms with Crippen LogP contribution in [0.4, 0.5) is 4.39 Å². The molecule has 6 heteroatoms. The van der Waals surface area contributed by atoms with Crippen LogP contribution >= 0.6 is 0 Å². The zero-order valence-electron chi connectivity index (χ0n) is 19.1. The van der Waals surface area contributed by atoms with Gasteiger partial charge in [0.15, 0.2) is 0 Å². The van der Waals surface area contributed by atoms with Gasteiger partial charge in [-0.25, -0.2) is 4.39 Å². The number of benzene rings is 2. The molecule has 0 saturated heterocycles. The second-order valence-corrected chi connectivity index (χ2v) is 8.84. The monoisotopic (exact) mass is 441 g/mol. The molecule has 0 unspecified atom stereocenters. The lowest BCUT2D eigenvalue weighted by Crippen LogP contribution is -2.25. The van der Waals surface area contributed by atoms with E-state index >= 15 is 0 Å². The van der Waals surface area contributed by atoms with Gasteiger partial charge in [0, 0.05) is 24.9 Å². The van der Waals surface area contributed by atoms with Crippen molar-refractivity contribution in [3.05, 3.63) is 71.2 Å². The van der Waals surface area contributed by atoms with Crippen LogP contribution in [0.2, 0.25) is 0 Å². The van der Waals surface area contributed by atoms with Gasteiger partial charge in [0.25, 0.3) is 0 Å². The zero-order chi connectivity index (χ0) is 23.0. The van der Waals surface area contributed by atoms with Crippen molar-refractivity contribution in [3.63, 3.8) is 0 Å². The summed E-state index contributed by atoms with van der Waals surface area (Å²) in [5.41, 5.74) is 2.62. The molecule has 0 aliphatic rings. The second-order valence-electron chi connectivity index (χ2n) is 8.84. The highest BCUT2D eigenvalue weighted by molar-refractivity contribution is 5.78. The van der Waals surface area contributed by atoms with E-state index in [1.165, 1.54) is 12.1 Å². The van der Waals surface area contributed by atoms with Crippen molar-refractivity contribution in [1.29, 1.82) is 0 Å². The summed E-state index contributed by atoms with van der Waals surface area (Å²) < 4.78 is 29.8. The van der Waals surface area contributed by atoms with Crippen molar-refractivity contribution in [2.45, 2.75) is 52.2 Å². The van der Waals surface area contributed by atoms with E-state index in [9.17, 15) is 9.18 Å². The molecule has 0 atom stereocenters. The Hall–Kier alpha value is -2.70. The summed E-state index contributed by atoms with van der Waals surface area (Å²) in [4.78, 5) is 11.6. The molecule has 0 aliphatic heterocycles. The Kier molecular flexibility index (Phi) is 8.42. The fraction of sp³-hybridized carbons (Fsp3) is 0.423. The molecule has 3 rings (SSSR count). The average molecular weight is 442 g/mol. The van der Waals surface area contributed by atoms with Crippen LogP contribution in [0, 0.1) is 5.82 Å². The first kappa shape index (κ1) is 24.0. The Morgan fingerprint density at radius 2 is 1.75 bits per heavy atom. The third kappa shape index (κ3) is 8.09. The van der Waals surface area contributed by atoms with Crippen molar-refractivity contribution in [1.82, 2.24) is 5.32 Å².